The Kier molecular flexibility index (Phi) is 9.13. The van der Waals surface area contributed by atoms with Crippen LogP contribution in [0.2, 0.25) is 0 Å². The van der Waals surface area contributed by atoms with Gasteiger partial charge < -0.3 is 15.0 Å². The van der Waals surface area contributed by atoms with Crippen molar-refractivity contribution in [2.45, 2.75) is 32.1 Å². The molecule has 1 aromatic carbocycles. The van der Waals surface area contributed by atoms with Crippen LogP contribution in [0.15, 0.2) is 29.3 Å². The number of guanidine groups is 1. The number of nitrogens with zero attached hydrogens (tertiary/aromatic N) is 2. The molecule has 1 N–H and O–H groups in total. The van der Waals surface area contributed by atoms with Crippen molar-refractivity contribution in [2.24, 2.45) is 10.9 Å². The summed E-state index contributed by atoms with van der Waals surface area (Å²) in [7, 11) is 3.76. The molecule has 4 nitrogen and oxygen atoms in total. The van der Waals surface area contributed by atoms with E-state index in [9.17, 15) is 4.39 Å². The Balaban J connectivity index is 0.00000312. The van der Waals surface area contributed by atoms with Crippen molar-refractivity contribution in [3.63, 3.8) is 0 Å². The van der Waals surface area contributed by atoms with E-state index in [1.165, 1.54) is 18.9 Å². The lowest BCUT2D eigenvalue weighted by atomic mass is 9.84. The van der Waals surface area contributed by atoms with Gasteiger partial charge in [-0.05, 0) is 30.4 Å². The number of rotatable bonds is 8. The minimum Gasteiger partial charge on any atom is -0.379 e. The smallest absolute Gasteiger partial charge is 0.193 e. The Morgan fingerprint density at radius 1 is 1.36 bits per heavy atom. The summed E-state index contributed by atoms with van der Waals surface area (Å²) in [6, 6.07) is 6.94. The molecule has 25 heavy (non-hydrogen) atoms. The van der Waals surface area contributed by atoms with E-state index in [1.54, 1.807) is 13.1 Å². The summed E-state index contributed by atoms with van der Waals surface area (Å²) in [6.07, 6.45) is 2.62. The van der Waals surface area contributed by atoms with Crippen LogP contribution in [0.3, 0.4) is 0 Å². The standard InChI is InChI=1S/C19H30FN3O.HI/c1-19(2,16-7-5-6-8-17(16)20)14-22-18(21-3)23(4)11-12-24-13-15-9-10-15;/h5-8,15H,9-14H2,1-4H3,(H,21,22);1H. The van der Waals surface area contributed by atoms with Gasteiger partial charge in [0, 0.05) is 39.2 Å². The van der Waals surface area contributed by atoms with E-state index in [2.05, 4.69) is 10.3 Å². The monoisotopic (exact) mass is 463 g/mol. The van der Waals surface area contributed by atoms with Gasteiger partial charge in [0.25, 0.3) is 0 Å². The van der Waals surface area contributed by atoms with Crippen molar-refractivity contribution in [3.8, 4) is 0 Å². The maximum atomic E-state index is 14.0. The van der Waals surface area contributed by atoms with Crippen LogP contribution in [0.5, 0.6) is 0 Å². The highest BCUT2D eigenvalue weighted by Gasteiger charge is 2.25. The fourth-order valence-corrected chi connectivity index (χ4v) is 2.63. The molecule has 1 fully saturated rings. The Labute approximate surface area is 168 Å². The molecule has 0 aromatic heterocycles. The molecule has 142 valence electrons. The zero-order valence-corrected chi connectivity index (χ0v) is 18.0. The molecule has 0 saturated heterocycles. The average molecular weight is 463 g/mol. The maximum absolute atomic E-state index is 14.0. The third-order valence-electron chi connectivity index (χ3n) is 4.49. The molecule has 1 aliphatic carbocycles. The first kappa shape index (κ1) is 22.2. The molecule has 6 heteroatoms. The molecule has 0 radical (unpaired) electrons. The van der Waals surface area contributed by atoms with Crippen molar-refractivity contribution in [1.29, 1.82) is 0 Å². The second kappa shape index (κ2) is 10.3. The zero-order chi connectivity index (χ0) is 17.6. The quantitative estimate of drug-likeness (QED) is 0.277. The molecule has 2 rings (SSSR count). The first-order valence-corrected chi connectivity index (χ1v) is 8.68. The minimum atomic E-state index is -0.329. The van der Waals surface area contributed by atoms with Gasteiger partial charge in [-0.15, -0.1) is 24.0 Å². The Hall–Kier alpha value is -0.890. The van der Waals surface area contributed by atoms with Crippen LogP contribution < -0.4 is 5.32 Å². The van der Waals surface area contributed by atoms with Gasteiger partial charge in [-0.25, -0.2) is 4.39 Å². The van der Waals surface area contributed by atoms with Crippen LogP contribution >= 0.6 is 24.0 Å². The Morgan fingerprint density at radius 2 is 2.04 bits per heavy atom. The molecule has 1 aromatic rings. The number of ether oxygens (including phenoxy) is 1. The van der Waals surface area contributed by atoms with Crippen LogP contribution in [0.1, 0.15) is 32.3 Å². The second-order valence-corrected chi connectivity index (χ2v) is 7.20. The van der Waals surface area contributed by atoms with Crippen LogP contribution in [-0.2, 0) is 10.2 Å². The van der Waals surface area contributed by atoms with Crippen molar-refractivity contribution in [1.82, 2.24) is 10.2 Å². The number of nitrogens with one attached hydrogen (secondary N) is 1. The number of likely N-dealkylation sites (N-methyl/N-ethyl adjacent to an activating group) is 1. The van der Waals surface area contributed by atoms with E-state index in [0.717, 1.165) is 25.0 Å². The summed E-state index contributed by atoms with van der Waals surface area (Å²) in [5.74, 6) is 1.42. The van der Waals surface area contributed by atoms with Gasteiger partial charge in [-0.3, -0.25) is 4.99 Å². The topological polar surface area (TPSA) is 36.9 Å². The summed E-state index contributed by atoms with van der Waals surface area (Å²) in [5.41, 5.74) is 0.383. The second-order valence-electron chi connectivity index (χ2n) is 7.20. The molecule has 0 amide bonds. The lowest BCUT2D eigenvalue weighted by Gasteiger charge is -2.29. The largest absolute Gasteiger partial charge is 0.379 e. The van der Waals surface area contributed by atoms with Crippen molar-refractivity contribution in [2.75, 3.05) is 40.4 Å². The Morgan fingerprint density at radius 3 is 2.64 bits per heavy atom. The van der Waals surface area contributed by atoms with E-state index in [0.29, 0.717) is 18.7 Å². The molecule has 0 atom stereocenters. The summed E-state index contributed by atoms with van der Waals surface area (Å²) in [4.78, 5) is 6.36. The number of hydrogen-bond acceptors (Lipinski definition) is 2. The SMILES string of the molecule is CN=C(NCC(C)(C)c1ccccc1F)N(C)CCOCC1CC1.I. The predicted molar refractivity (Wildman–Crippen MR) is 112 cm³/mol. The highest BCUT2D eigenvalue weighted by molar-refractivity contribution is 14.0. The van der Waals surface area contributed by atoms with Crippen molar-refractivity contribution >= 4 is 29.9 Å². The third-order valence-corrected chi connectivity index (χ3v) is 4.49. The van der Waals surface area contributed by atoms with E-state index >= 15 is 0 Å². The molecular weight excluding hydrogens is 432 g/mol. The number of benzene rings is 1. The van der Waals surface area contributed by atoms with E-state index < -0.39 is 0 Å². The highest BCUT2D eigenvalue weighted by atomic mass is 127. The van der Waals surface area contributed by atoms with Gasteiger partial charge in [0.2, 0.25) is 0 Å². The lowest BCUT2D eigenvalue weighted by Crippen LogP contribution is -2.45. The first-order chi connectivity index (χ1) is 11.4. The predicted octanol–water partition coefficient (Wildman–Crippen LogP) is 3.66. The Bertz CT molecular complexity index is 561. The fourth-order valence-electron chi connectivity index (χ4n) is 2.63. The van der Waals surface area contributed by atoms with Gasteiger partial charge in [-0.1, -0.05) is 32.0 Å². The summed E-state index contributed by atoms with van der Waals surface area (Å²) in [6.45, 7) is 7.03. The summed E-state index contributed by atoms with van der Waals surface area (Å²) >= 11 is 0. The normalized spacial score (nSPS) is 14.8. The van der Waals surface area contributed by atoms with E-state index in [4.69, 9.17) is 4.74 Å². The van der Waals surface area contributed by atoms with E-state index in [-0.39, 0.29) is 35.2 Å². The first-order valence-electron chi connectivity index (χ1n) is 8.68. The van der Waals surface area contributed by atoms with Gasteiger partial charge in [-0.2, -0.15) is 0 Å². The van der Waals surface area contributed by atoms with Crippen molar-refractivity contribution in [3.05, 3.63) is 35.6 Å². The fraction of sp³-hybridized carbons (Fsp3) is 0.632. The minimum absolute atomic E-state index is 0. The lowest BCUT2D eigenvalue weighted by molar-refractivity contribution is 0.115. The van der Waals surface area contributed by atoms with E-state index in [1.807, 2.05) is 37.9 Å². The molecule has 1 aliphatic rings. The maximum Gasteiger partial charge on any atom is 0.193 e. The van der Waals surface area contributed by atoms with Crippen LogP contribution in [0.4, 0.5) is 4.39 Å². The molecule has 0 bridgehead atoms. The van der Waals surface area contributed by atoms with Crippen LogP contribution in [0, 0.1) is 11.7 Å². The molecule has 1 saturated carbocycles. The molecule has 0 aliphatic heterocycles. The third kappa shape index (κ3) is 7.09. The number of halogens is 2. The van der Waals surface area contributed by atoms with Gasteiger partial charge in [0.1, 0.15) is 5.82 Å². The zero-order valence-electron chi connectivity index (χ0n) is 15.7. The highest BCUT2D eigenvalue weighted by Crippen LogP contribution is 2.28. The molecule has 0 unspecified atom stereocenters. The van der Waals surface area contributed by atoms with Crippen LogP contribution in [-0.4, -0.2) is 51.3 Å². The number of aliphatic imine (C=N–C) groups is 1. The molecular formula is C19H31FIN3O. The molecule has 0 heterocycles. The van der Waals surface area contributed by atoms with Gasteiger partial charge in [0.15, 0.2) is 5.96 Å². The number of hydrogen-bond donors (Lipinski definition) is 1. The van der Waals surface area contributed by atoms with Crippen molar-refractivity contribution < 1.29 is 9.13 Å². The van der Waals surface area contributed by atoms with Gasteiger partial charge >= 0.3 is 0 Å². The molecule has 0 spiro atoms. The van der Waals surface area contributed by atoms with Gasteiger partial charge in [0.05, 0.1) is 6.61 Å². The summed E-state index contributed by atoms with van der Waals surface area (Å²) in [5, 5.41) is 3.35. The summed E-state index contributed by atoms with van der Waals surface area (Å²) < 4.78 is 19.7. The van der Waals surface area contributed by atoms with Crippen LogP contribution in [0.25, 0.3) is 0 Å². The average Bonchev–Trinajstić information content (AvgIpc) is 3.36.